The van der Waals surface area contributed by atoms with Crippen molar-refractivity contribution in [1.29, 1.82) is 5.26 Å². The number of hydrogen-bond acceptors (Lipinski definition) is 4. The molecule has 1 rings (SSSR count). The zero-order valence-electron chi connectivity index (χ0n) is 10.2. The van der Waals surface area contributed by atoms with Gasteiger partial charge in [-0.2, -0.15) is 5.26 Å². The van der Waals surface area contributed by atoms with E-state index >= 15 is 0 Å². The van der Waals surface area contributed by atoms with Crippen molar-refractivity contribution in [2.45, 2.75) is 12.4 Å². The quantitative estimate of drug-likeness (QED) is 0.809. The minimum Gasteiger partial charge on any atom is -0.406 e. The minimum atomic E-state index is -4.75. The molecule has 0 aliphatic carbocycles. The normalized spacial score (nSPS) is 12.8. The van der Waals surface area contributed by atoms with E-state index in [1.807, 2.05) is 6.07 Å². The van der Waals surface area contributed by atoms with E-state index in [2.05, 4.69) is 10.1 Å². The second-order valence-electron chi connectivity index (χ2n) is 3.63. The molecule has 4 nitrogen and oxygen atoms in total. The van der Waals surface area contributed by atoms with Crippen molar-refractivity contribution in [2.75, 3.05) is 20.3 Å². The molecule has 1 N–H and O–H groups in total. The Morgan fingerprint density at radius 3 is 2.74 bits per heavy atom. The molecule has 0 radical (unpaired) electrons. The van der Waals surface area contributed by atoms with Crippen molar-refractivity contribution in [3.05, 3.63) is 29.8 Å². The molecule has 0 saturated heterocycles. The fraction of sp³-hybridized carbons (Fsp3) is 0.417. The van der Waals surface area contributed by atoms with Crippen LogP contribution in [0.1, 0.15) is 11.6 Å². The Bertz CT molecular complexity index is 443. The third-order valence-electron chi connectivity index (χ3n) is 2.21. The first kappa shape index (κ1) is 15.3. The van der Waals surface area contributed by atoms with Gasteiger partial charge in [0.15, 0.2) is 0 Å². The van der Waals surface area contributed by atoms with Gasteiger partial charge in [0.05, 0.1) is 12.7 Å². The van der Waals surface area contributed by atoms with E-state index < -0.39 is 12.4 Å². The van der Waals surface area contributed by atoms with Gasteiger partial charge in [-0.05, 0) is 17.7 Å². The lowest BCUT2D eigenvalue weighted by Crippen LogP contribution is -2.24. The van der Waals surface area contributed by atoms with Gasteiger partial charge in [0.1, 0.15) is 11.8 Å². The van der Waals surface area contributed by atoms with Crippen LogP contribution in [0.2, 0.25) is 0 Å². The number of nitriles is 1. The van der Waals surface area contributed by atoms with Crippen molar-refractivity contribution in [3.63, 3.8) is 0 Å². The molecule has 19 heavy (non-hydrogen) atoms. The van der Waals surface area contributed by atoms with Crippen LogP contribution in [0, 0.1) is 11.3 Å². The molecule has 0 fully saturated rings. The van der Waals surface area contributed by atoms with Gasteiger partial charge in [0.25, 0.3) is 0 Å². The Kier molecular flexibility index (Phi) is 5.60. The number of methoxy groups -OCH3 is 1. The largest absolute Gasteiger partial charge is 0.573 e. The molecule has 0 bridgehead atoms. The summed E-state index contributed by atoms with van der Waals surface area (Å²) < 4.78 is 44.9. The highest BCUT2D eigenvalue weighted by Gasteiger charge is 2.31. The maximum Gasteiger partial charge on any atom is 0.573 e. The van der Waals surface area contributed by atoms with E-state index in [9.17, 15) is 13.2 Å². The summed E-state index contributed by atoms with van der Waals surface area (Å²) in [4.78, 5) is 0. The first-order valence-corrected chi connectivity index (χ1v) is 5.44. The fourth-order valence-electron chi connectivity index (χ4n) is 1.43. The smallest absolute Gasteiger partial charge is 0.406 e. The van der Waals surface area contributed by atoms with Gasteiger partial charge >= 0.3 is 6.36 Å². The Hall–Kier alpha value is -1.78. The van der Waals surface area contributed by atoms with Gasteiger partial charge < -0.3 is 9.47 Å². The van der Waals surface area contributed by atoms with Gasteiger partial charge in [-0.3, -0.25) is 5.32 Å². The summed E-state index contributed by atoms with van der Waals surface area (Å²) in [5.41, 5.74) is 0.403. The van der Waals surface area contributed by atoms with Crippen LogP contribution in [0.5, 0.6) is 5.75 Å². The summed E-state index contributed by atoms with van der Waals surface area (Å²) in [6, 6.07) is 6.56. The van der Waals surface area contributed by atoms with Gasteiger partial charge in [-0.1, -0.05) is 12.1 Å². The zero-order chi connectivity index (χ0) is 14.3. The SMILES string of the molecule is COCCNC(C#N)c1cccc(OC(F)(F)F)c1. The van der Waals surface area contributed by atoms with Crippen LogP contribution in [-0.2, 0) is 4.74 Å². The molecule has 0 aliphatic heterocycles. The van der Waals surface area contributed by atoms with E-state index in [0.29, 0.717) is 18.7 Å². The van der Waals surface area contributed by atoms with E-state index in [-0.39, 0.29) is 5.75 Å². The van der Waals surface area contributed by atoms with Crippen LogP contribution in [0.3, 0.4) is 0 Å². The highest BCUT2D eigenvalue weighted by Crippen LogP contribution is 2.25. The van der Waals surface area contributed by atoms with Gasteiger partial charge in [0, 0.05) is 13.7 Å². The molecular formula is C12H13F3N2O2. The Morgan fingerprint density at radius 2 is 2.16 bits per heavy atom. The second-order valence-corrected chi connectivity index (χ2v) is 3.63. The number of nitrogens with one attached hydrogen (secondary N) is 1. The monoisotopic (exact) mass is 274 g/mol. The van der Waals surface area contributed by atoms with Crippen LogP contribution >= 0.6 is 0 Å². The molecule has 1 aromatic carbocycles. The molecule has 7 heteroatoms. The first-order chi connectivity index (χ1) is 8.96. The summed E-state index contributed by atoms with van der Waals surface area (Å²) in [6.45, 7) is 0.815. The van der Waals surface area contributed by atoms with Crippen molar-refractivity contribution in [2.24, 2.45) is 0 Å². The average Bonchev–Trinajstić information content (AvgIpc) is 2.33. The van der Waals surface area contributed by atoms with E-state index in [0.717, 1.165) is 0 Å². The Morgan fingerprint density at radius 1 is 1.42 bits per heavy atom. The summed E-state index contributed by atoms with van der Waals surface area (Å²) in [5, 5.41) is 11.8. The van der Waals surface area contributed by atoms with Gasteiger partial charge in [-0.25, -0.2) is 0 Å². The summed E-state index contributed by atoms with van der Waals surface area (Å²) in [7, 11) is 1.51. The molecule has 0 saturated carbocycles. The van der Waals surface area contributed by atoms with Gasteiger partial charge in [-0.15, -0.1) is 13.2 Å². The highest BCUT2D eigenvalue weighted by molar-refractivity contribution is 5.33. The number of benzene rings is 1. The number of hydrogen-bond donors (Lipinski definition) is 1. The standard InChI is InChI=1S/C12H13F3N2O2/c1-18-6-5-17-11(8-16)9-3-2-4-10(7-9)19-12(13,14)15/h2-4,7,11,17H,5-6H2,1H3. The lowest BCUT2D eigenvalue weighted by Gasteiger charge is -2.14. The molecule has 0 aliphatic rings. The van der Waals surface area contributed by atoms with Crippen LogP contribution < -0.4 is 10.1 Å². The van der Waals surface area contributed by atoms with Crippen molar-refractivity contribution in [1.82, 2.24) is 5.32 Å². The maximum absolute atomic E-state index is 12.1. The Balaban J connectivity index is 2.76. The van der Waals surface area contributed by atoms with Crippen molar-refractivity contribution in [3.8, 4) is 11.8 Å². The minimum absolute atomic E-state index is 0.348. The number of alkyl halides is 3. The molecule has 1 unspecified atom stereocenters. The summed E-state index contributed by atoms with van der Waals surface area (Å²) in [5.74, 6) is -0.348. The number of rotatable bonds is 6. The van der Waals surface area contributed by atoms with Gasteiger partial charge in [0.2, 0.25) is 0 Å². The van der Waals surface area contributed by atoms with Crippen molar-refractivity contribution >= 4 is 0 Å². The molecule has 1 aromatic rings. The van der Waals surface area contributed by atoms with Crippen LogP contribution in [0.15, 0.2) is 24.3 Å². The fourth-order valence-corrected chi connectivity index (χ4v) is 1.43. The molecule has 104 valence electrons. The third kappa shape index (κ3) is 5.59. The van der Waals surface area contributed by atoms with Crippen LogP contribution in [0.4, 0.5) is 13.2 Å². The number of ether oxygens (including phenoxy) is 2. The molecule has 0 amide bonds. The number of halogens is 3. The average molecular weight is 274 g/mol. The number of nitrogens with zero attached hydrogens (tertiary/aromatic N) is 1. The second kappa shape index (κ2) is 6.97. The molecule has 0 aromatic heterocycles. The third-order valence-corrected chi connectivity index (χ3v) is 2.21. The molecular weight excluding hydrogens is 261 g/mol. The topological polar surface area (TPSA) is 54.3 Å². The predicted octanol–water partition coefficient (Wildman–Crippen LogP) is 2.39. The highest BCUT2D eigenvalue weighted by atomic mass is 19.4. The lowest BCUT2D eigenvalue weighted by molar-refractivity contribution is -0.274. The van der Waals surface area contributed by atoms with E-state index in [1.165, 1.54) is 25.3 Å². The van der Waals surface area contributed by atoms with E-state index in [1.54, 1.807) is 6.07 Å². The van der Waals surface area contributed by atoms with Crippen LogP contribution in [0.25, 0.3) is 0 Å². The van der Waals surface area contributed by atoms with E-state index in [4.69, 9.17) is 10.00 Å². The first-order valence-electron chi connectivity index (χ1n) is 5.44. The summed E-state index contributed by atoms with van der Waals surface area (Å²) in [6.07, 6.45) is -4.75. The van der Waals surface area contributed by atoms with Crippen LogP contribution in [-0.4, -0.2) is 26.6 Å². The zero-order valence-corrected chi connectivity index (χ0v) is 10.2. The molecule has 1 atom stereocenters. The molecule has 0 spiro atoms. The van der Waals surface area contributed by atoms with Crippen molar-refractivity contribution < 1.29 is 22.6 Å². The maximum atomic E-state index is 12.1. The molecule has 0 heterocycles. The lowest BCUT2D eigenvalue weighted by atomic mass is 10.1. The predicted molar refractivity (Wildman–Crippen MR) is 61.4 cm³/mol. The Labute approximate surface area is 108 Å². The summed E-state index contributed by atoms with van der Waals surface area (Å²) >= 11 is 0.